The third-order valence-electron chi connectivity index (χ3n) is 2.15. The fourth-order valence-electron chi connectivity index (χ4n) is 0.881. The van der Waals surface area contributed by atoms with Crippen LogP contribution in [0.4, 0.5) is 39.5 Å². The smallest absolute Gasteiger partial charge is 0.299 e. The van der Waals surface area contributed by atoms with E-state index in [1.54, 1.807) is 0 Å². The molecule has 0 aliphatic rings. The number of alkyl halides is 9. The van der Waals surface area contributed by atoms with Gasteiger partial charge < -0.3 is 0 Å². The van der Waals surface area contributed by atoms with Gasteiger partial charge in [0.15, 0.2) is 0 Å². The van der Waals surface area contributed by atoms with E-state index in [1.807, 2.05) is 6.92 Å². The highest BCUT2D eigenvalue weighted by Crippen LogP contribution is 2.54. The number of hydrogen-bond donors (Lipinski definition) is 2. The van der Waals surface area contributed by atoms with Crippen molar-refractivity contribution in [2.24, 2.45) is 0 Å². The minimum atomic E-state index is -7.37. The molecule has 4 nitrogen and oxygen atoms in total. The monoisotopic (exact) mass is 418 g/mol. The zero-order chi connectivity index (χ0) is 20.2. The lowest BCUT2D eigenvalue weighted by atomic mass is 10.1. The van der Waals surface area contributed by atoms with Gasteiger partial charge in [0, 0.05) is 12.2 Å². The van der Waals surface area contributed by atoms with Gasteiger partial charge in [-0.05, 0) is 6.42 Å². The molecule has 0 rings (SSSR count). The van der Waals surface area contributed by atoms with Crippen LogP contribution in [0.2, 0.25) is 0 Å². The van der Waals surface area contributed by atoms with Crippen molar-refractivity contribution >= 4 is 28.5 Å². The molecule has 0 spiro atoms. The number of carbonyl (C=O) groups excluding carboxylic acids is 1. The van der Waals surface area contributed by atoms with Crippen molar-refractivity contribution < 1.29 is 57.3 Å². The summed E-state index contributed by atoms with van der Waals surface area (Å²) in [4.78, 5) is 10.3. The molecule has 0 heterocycles. The zero-order valence-electron chi connectivity index (χ0n) is 11.6. The van der Waals surface area contributed by atoms with Gasteiger partial charge in [-0.15, -0.1) is 0 Å². The minimum Gasteiger partial charge on any atom is -0.299 e. The largest absolute Gasteiger partial charge is 0.460 e. The number of rotatable bonds is 6. The van der Waals surface area contributed by atoms with Crippen molar-refractivity contribution in [3.8, 4) is 0 Å². The molecule has 1 N–H and O–H groups in total. The van der Waals surface area contributed by atoms with Gasteiger partial charge in [0.1, 0.15) is 5.78 Å². The second-order valence-electron chi connectivity index (χ2n) is 4.09. The van der Waals surface area contributed by atoms with Crippen LogP contribution in [0.3, 0.4) is 0 Å². The summed E-state index contributed by atoms with van der Waals surface area (Å²) in [5, 5.41) is -7.00. The molecule has 0 aliphatic heterocycles. The lowest BCUT2D eigenvalue weighted by molar-refractivity contribution is -0.382. The molecule has 0 saturated carbocycles. The lowest BCUT2D eigenvalue weighted by Gasteiger charge is -2.31. The van der Waals surface area contributed by atoms with Crippen LogP contribution >= 0.6 is 12.6 Å². The summed E-state index contributed by atoms with van der Waals surface area (Å²) in [5.74, 6) is -14.1. The summed E-state index contributed by atoms with van der Waals surface area (Å²) in [5.41, 5.74) is 0. The molecule has 0 unspecified atom stereocenters. The Balaban J connectivity index is 0. The van der Waals surface area contributed by atoms with Crippen LogP contribution in [0.1, 0.15) is 19.8 Å². The first-order valence-corrected chi connectivity index (χ1v) is 7.68. The Morgan fingerprint density at radius 3 is 1.50 bits per heavy atom. The highest BCUT2D eigenvalue weighted by molar-refractivity contribution is 7.87. The Bertz CT molecular complexity index is 528. The summed E-state index contributed by atoms with van der Waals surface area (Å²) in [6.45, 7) is 1.99. The predicted octanol–water partition coefficient (Wildman–Crippen LogP) is 3.59. The average Bonchev–Trinajstić information content (AvgIpc) is 2.36. The Morgan fingerprint density at radius 1 is 0.958 bits per heavy atom. The maximum absolute atomic E-state index is 12.2. The first-order chi connectivity index (χ1) is 10.3. The van der Waals surface area contributed by atoms with Crippen LogP contribution < -0.4 is 0 Å². The summed E-state index contributed by atoms with van der Waals surface area (Å²) in [7, 11) is -7.17. The molecule has 0 radical (unpaired) electrons. The fraction of sp³-hybridized carbons (Fsp3) is 0.889. The van der Waals surface area contributed by atoms with E-state index in [9.17, 15) is 52.7 Å². The van der Waals surface area contributed by atoms with Crippen molar-refractivity contribution in [2.45, 2.75) is 43.0 Å². The van der Waals surface area contributed by atoms with Crippen molar-refractivity contribution in [2.75, 3.05) is 5.75 Å². The van der Waals surface area contributed by atoms with Gasteiger partial charge in [0.25, 0.3) is 0 Å². The van der Waals surface area contributed by atoms with E-state index in [4.69, 9.17) is 4.55 Å². The molecule has 0 aromatic carbocycles. The third-order valence-corrected chi connectivity index (χ3v) is 3.40. The summed E-state index contributed by atoms with van der Waals surface area (Å²) >= 11 is 3.80. The van der Waals surface area contributed by atoms with E-state index in [1.165, 1.54) is 0 Å². The number of Topliss-reactive ketones (excluding diaryl/α,β-unsaturated/α-hetero) is 1. The molecule has 0 amide bonds. The second-order valence-corrected chi connectivity index (χ2v) is 5.86. The molecule has 0 aliphatic carbocycles. The lowest BCUT2D eigenvalue weighted by Crippen LogP contribution is -2.63. The summed E-state index contributed by atoms with van der Waals surface area (Å²) in [6.07, 6.45) is -5.51. The maximum atomic E-state index is 12.2. The highest BCUT2D eigenvalue weighted by atomic mass is 32.2. The van der Waals surface area contributed by atoms with Crippen molar-refractivity contribution in [3.63, 3.8) is 0 Å². The number of thiol groups is 1. The van der Waals surface area contributed by atoms with E-state index < -0.39 is 33.4 Å². The van der Waals surface area contributed by atoms with Crippen LogP contribution in [0.25, 0.3) is 0 Å². The number of halogens is 9. The van der Waals surface area contributed by atoms with Crippen molar-refractivity contribution in [1.29, 1.82) is 0 Å². The molecular formula is C9H11F9O4S2. The van der Waals surface area contributed by atoms with Gasteiger partial charge in [0.05, 0.1) is 0 Å². The molecular weight excluding hydrogens is 407 g/mol. The van der Waals surface area contributed by atoms with E-state index in [2.05, 4.69) is 12.6 Å². The van der Waals surface area contributed by atoms with Crippen LogP contribution in [0.15, 0.2) is 0 Å². The van der Waals surface area contributed by atoms with Gasteiger partial charge in [-0.1, -0.05) is 6.92 Å². The molecule has 0 bridgehead atoms. The number of ketones is 1. The molecule has 24 heavy (non-hydrogen) atoms. The van der Waals surface area contributed by atoms with E-state index in [0.29, 0.717) is 12.2 Å². The molecule has 0 fully saturated rings. The highest BCUT2D eigenvalue weighted by Gasteiger charge is 2.85. The molecule has 0 aromatic rings. The molecule has 146 valence electrons. The quantitative estimate of drug-likeness (QED) is 0.393. The van der Waals surface area contributed by atoms with Crippen LogP contribution in [-0.2, 0) is 14.9 Å². The van der Waals surface area contributed by atoms with E-state index in [-0.39, 0.29) is 5.78 Å². The van der Waals surface area contributed by atoms with Crippen molar-refractivity contribution in [1.82, 2.24) is 0 Å². The Kier molecular flexibility index (Phi) is 8.64. The SMILES string of the molecule is CCCC(=O)CS.O=S(=O)(O)C(F)(F)C(F)(F)C(F)(F)C(F)(F)F. The Morgan fingerprint density at radius 2 is 1.33 bits per heavy atom. The fourth-order valence-corrected chi connectivity index (χ4v) is 1.49. The second kappa shape index (κ2) is 8.12. The van der Waals surface area contributed by atoms with Crippen LogP contribution in [-0.4, -0.2) is 47.8 Å². The summed E-state index contributed by atoms with van der Waals surface area (Å²) in [6, 6.07) is 0. The van der Waals surface area contributed by atoms with E-state index in [0.717, 1.165) is 6.42 Å². The van der Waals surface area contributed by atoms with Crippen LogP contribution in [0.5, 0.6) is 0 Å². The Hall–Kier alpha value is -0.700. The normalized spacial score (nSPS) is 14.0. The molecule has 0 saturated heterocycles. The summed E-state index contributed by atoms with van der Waals surface area (Å²) < 4.78 is 134. The zero-order valence-corrected chi connectivity index (χ0v) is 13.3. The maximum Gasteiger partial charge on any atom is 0.460 e. The van der Waals surface area contributed by atoms with Gasteiger partial charge in [0.2, 0.25) is 0 Å². The first kappa shape index (κ1) is 25.5. The standard InChI is InChI=1S/C5H10OS.C4HF9O3S/c1-2-3-5(6)4-7;5-1(6,3(9,10)11)2(7,8)4(12,13)17(14,15)16/h7H,2-4H2,1H3;(H,14,15,16). The Labute approximate surface area is 135 Å². The predicted molar refractivity (Wildman–Crippen MR) is 66.2 cm³/mol. The molecule has 15 heteroatoms. The number of carbonyl (C=O) groups is 1. The first-order valence-electron chi connectivity index (χ1n) is 5.61. The number of hydrogen-bond acceptors (Lipinski definition) is 4. The topological polar surface area (TPSA) is 71.4 Å². The molecule has 0 atom stereocenters. The van der Waals surface area contributed by atoms with Gasteiger partial charge >= 0.3 is 33.4 Å². The minimum absolute atomic E-state index is 0.242. The average molecular weight is 418 g/mol. The van der Waals surface area contributed by atoms with Crippen molar-refractivity contribution in [3.05, 3.63) is 0 Å². The van der Waals surface area contributed by atoms with Gasteiger partial charge in [-0.25, -0.2) is 0 Å². The van der Waals surface area contributed by atoms with Gasteiger partial charge in [-0.3, -0.25) is 9.35 Å². The van der Waals surface area contributed by atoms with Crippen LogP contribution in [0, 0.1) is 0 Å². The third kappa shape index (κ3) is 5.40. The van der Waals surface area contributed by atoms with E-state index >= 15 is 0 Å². The van der Waals surface area contributed by atoms with Gasteiger partial charge in [-0.2, -0.15) is 60.6 Å². The molecule has 0 aromatic heterocycles.